The Bertz CT molecular complexity index is 446. The largest absolute Gasteiger partial charge is 0.392 e. The van der Waals surface area contributed by atoms with Gasteiger partial charge in [0.25, 0.3) is 0 Å². The molecular weight excluding hydrogens is 228 g/mol. The van der Waals surface area contributed by atoms with Crippen molar-refractivity contribution >= 4 is 10.0 Å². The Hall–Kier alpha value is -0.980. The van der Waals surface area contributed by atoms with Crippen LogP contribution in [-0.4, -0.2) is 42.0 Å². The molecule has 1 aromatic rings. The number of hydrogen-bond donors (Lipinski definition) is 1. The van der Waals surface area contributed by atoms with Gasteiger partial charge in [-0.3, -0.25) is 4.98 Å². The van der Waals surface area contributed by atoms with E-state index in [0.29, 0.717) is 19.4 Å². The second-order valence-corrected chi connectivity index (χ2v) is 5.78. The van der Waals surface area contributed by atoms with Crippen LogP contribution in [0.5, 0.6) is 0 Å². The summed E-state index contributed by atoms with van der Waals surface area (Å²) < 4.78 is 25.6. The van der Waals surface area contributed by atoms with Crippen molar-refractivity contribution in [1.29, 1.82) is 0 Å². The first-order valence-electron chi connectivity index (χ1n) is 5.19. The predicted molar refractivity (Wildman–Crippen MR) is 58.2 cm³/mol. The van der Waals surface area contributed by atoms with Gasteiger partial charge in [-0.1, -0.05) is 0 Å². The predicted octanol–water partition coefficient (Wildman–Crippen LogP) is 0.227. The molecule has 2 heterocycles. The van der Waals surface area contributed by atoms with Crippen molar-refractivity contribution < 1.29 is 13.5 Å². The summed E-state index contributed by atoms with van der Waals surface area (Å²) >= 11 is 0. The van der Waals surface area contributed by atoms with Crippen molar-refractivity contribution in [3.05, 3.63) is 24.5 Å². The second kappa shape index (κ2) is 4.48. The van der Waals surface area contributed by atoms with Crippen LogP contribution < -0.4 is 0 Å². The van der Waals surface area contributed by atoms with Gasteiger partial charge >= 0.3 is 0 Å². The Labute approximate surface area is 94.8 Å². The number of sulfonamides is 1. The Kier molecular flexibility index (Phi) is 3.22. The number of pyridine rings is 1. The maximum absolute atomic E-state index is 12.1. The molecule has 0 amide bonds. The van der Waals surface area contributed by atoms with Gasteiger partial charge in [-0.05, 0) is 25.0 Å². The van der Waals surface area contributed by atoms with E-state index in [1.807, 2.05) is 0 Å². The maximum Gasteiger partial charge on any atom is 0.243 e. The smallest absolute Gasteiger partial charge is 0.243 e. The zero-order valence-corrected chi connectivity index (χ0v) is 9.60. The zero-order valence-electron chi connectivity index (χ0n) is 8.78. The molecule has 0 saturated carbocycles. The third kappa shape index (κ3) is 2.23. The van der Waals surface area contributed by atoms with Gasteiger partial charge in [0.05, 0.1) is 11.0 Å². The monoisotopic (exact) mass is 242 g/mol. The molecule has 1 aromatic heterocycles. The molecular formula is C10H14N2O3S. The molecule has 2 rings (SSSR count). The summed E-state index contributed by atoms with van der Waals surface area (Å²) in [6.07, 6.45) is 3.72. The average molecular weight is 242 g/mol. The third-order valence-corrected chi connectivity index (χ3v) is 4.53. The quantitative estimate of drug-likeness (QED) is 0.805. The number of hydrogen-bond acceptors (Lipinski definition) is 4. The van der Waals surface area contributed by atoms with Crippen LogP contribution in [0.25, 0.3) is 0 Å². The fourth-order valence-electron chi connectivity index (χ4n) is 1.80. The minimum atomic E-state index is -3.46. The van der Waals surface area contributed by atoms with Crippen molar-refractivity contribution in [2.24, 2.45) is 0 Å². The van der Waals surface area contributed by atoms with Gasteiger partial charge in [-0.2, -0.15) is 4.31 Å². The number of piperidine rings is 1. The lowest BCUT2D eigenvalue weighted by Gasteiger charge is -2.29. The van der Waals surface area contributed by atoms with Crippen LogP contribution in [0.2, 0.25) is 0 Å². The van der Waals surface area contributed by atoms with Crippen LogP contribution in [0.4, 0.5) is 0 Å². The van der Waals surface area contributed by atoms with E-state index in [1.165, 1.54) is 28.8 Å². The Morgan fingerprint density at radius 2 is 2.06 bits per heavy atom. The van der Waals surface area contributed by atoms with E-state index in [0.717, 1.165) is 0 Å². The number of aliphatic hydroxyl groups is 1. The summed E-state index contributed by atoms with van der Waals surface area (Å²) in [5.41, 5.74) is 0. The van der Waals surface area contributed by atoms with E-state index < -0.39 is 16.1 Å². The molecule has 16 heavy (non-hydrogen) atoms. The number of nitrogens with zero attached hydrogens (tertiary/aromatic N) is 2. The van der Waals surface area contributed by atoms with Gasteiger partial charge in [0.15, 0.2) is 0 Å². The Morgan fingerprint density at radius 1 is 1.38 bits per heavy atom. The molecule has 1 N–H and O–H groups in total. The molecule has 0 spiro atoms. The lowest BCUT2D eigenvalue weighted by molar-refractivity contribution is 0.108. The fourth-order valence-corrected chi connectivity index (χ4v) is 3.30. The number of rotatable bonds is 2. The van der Waals surface area contributed by atoms with E-state index >= 15 is 0 Å². The van der Waals surface area contributed by atoms with Gasteiger partial charge in [0.1, 0.15) is 0 Å². The van der Waals surface area contributed by atoms with E-state index in [-0.39, 0.29) is 11.4 Å². The second-order valence-electron chi connectivity index (χ2n) is 3.84. The number of β-amino-alcohol motifs (C(OH)–C–C–N with tert-alkyl or cyclic N) is 1. The molecule has 1 atom stereocenters. The highest BCUT2D eigenvalue weighted by Crippen LogP contribution is 2.19. The van der Waals surface area contributed by atoms with Crippen LogP contribution in [0.1, 0.15) is 12.8 Å². The lowest BCUT2D eigenvalue weighted by Crippen LogP contribution is -2.42. The van der Waals surface area contributed by atoms with Crippen molar-refractivity contribution in [1.82, 2.24) is 9.29 Å². The van der Waals surface area contributed by atoms with Gasteiger partial charge in [-0.15, -0.1) is 0 Å². The molecule has 1 aliphatic heterocycles. The van der Waals surface area contributed by atoms with Gasteiger partial charge in [-0.25, -0.2) is 8.42 Å². The Balaban J connectivity index is 2.26. The lowest BCUT2D eigenvalue weighted by atomic mass is 10.1. The summed E-state index contributed by atoms with van der Waals surface area (Å²) in [6, 6.07) is 2.94. The van der Waals surface area contributed by atoms with Crippen LogP contribution in [0.3, 0.4) is 0 Å². The van der Waals surface area contributed by atoms with Gasteiger partial charge in [0.2, 0.25) is 10.0 Å². The van der Waals surface area contributed by atoms with Crippen molar-refractivity contribution in [3.8, 4) is 0 Å². The van der Waals surface area contributed by atoms with Crippen molar-refractivity contribution in [2.75, 3.05) is 13.1 Å². The van der Waals surface area contributed by atoms with Crippen LogP contribution >= 0.6 is 0 Å². The summed E-state index contributed by atoms with van der Waals surface area (Å²) in [5, 5.41) is 9.47. The van der Waals surface area contributed by atoms with E-state index in [9.17, 15) is 13.5 Å². The van der Waals surface area contributed by atoms with E-state index in [2.05, 4.69) is 4.98 Å². The average Bonchev–Trinajstić information content (AvgIpc) is 2.30. The highest BCUT2D eigenvalue weighted by molar-refractivity contribution is 7.89. The maximum atomic E-state index is 12.1. The molecule has 5 nitrogen and oxygen atoms in total. The summed E-state index contributed by atoms with van der Waals surface area (Å²) in [4.78, 5) is 4.02. The van der Waals surface area contributed by atoms with Crippen LogP contribution in [-0.2, 0) is 10.0 Å². The summed E-state index contributed by atoms with van der Waals surface area (Å²) in [7, 11) is -3.46. The SMILES string of the molecule is O=S(=O)(c1ccncc1)N1CCCC(O)C1. The first-order chi connectivity index (χ1) is 7.60. The standard InChI is InChI=1S/C10H14N2O3S/c13-9-2-1-7-12(8-9)16(14,15)10-3-5-11-6-4-10/h3-6,9,13H,1-2,7-8H2. The molecule has 88 valence electrons. The number of aromatic nitrogens is 1. The van der Waals surface area contributed by atoms with E-state index in [1.54, 1.807) is 0 Å². The van der Waals surface area contributed by atoms with Gasteiger partial charge < -0.3 is 5.11 Å². The molecule has 0 aromatic carbocycles. The van der Waals surface area contributed by atoms with Gasteiger partial charge in [0, 0.05) is 25.5 Å². The minimum absolute atomic E-state index is 0.185. The molecule has 1 fully saturated rings. The first kappa shape index (κ1) is 11.5. The molecule has 1 aliphatic rings. The molecule has 0 bridgehead atoms. The highest BCUT2D eigenvalue weighted by Gasteiger charge is 2.29. The number of aliphatic hydroxyl groups excluding tert-OH is 1. The summed E-state index contributed by atoms with van der Waals surface area (Å²) in [6.45, 7) is 0.659. The van der Waals surface area contributed by atoms with Crippen LogP contribution in [0, 0.1) is 0 Å². The molecule has 0 radical (unpaired) electrons. The first-order valence-corrected chi connectivity index (χ1v) is 6.63. The molecule has 1 saturated heterocycles. The zero-order chi connectivity index (χ0) is 11.6. The summed E-state index contributed by atoms with van der Waals surface area (Å²) in [5.74, 6) is 0. The fraction of sp³-hybridized carbons (Fsp3) is 0.500. The van der Waals surface area contributed by atoms with Crippen molar-refractivity contribution in [3.63, 3.8) is 0 Å². The third-order valence-electron chi connectivity index (χ3n) is 2.65. The highest BCUT2D eigenvalue weighted by atomic mass is 32.2. The normalized spacial score (nSPS) is 23.2. The topological polar surface area (TPSA) is 70.5 Å². The minimum Gasteiger partial charge on any atom is -0.392 e. The Morgan fingerprint density at radius 3 is 2.69 bits per heavy atom. The molecule has 6 heteroatoms. The van der Waals surface area contributed by atoms with Crippen LogP contribution in [0.15, 0.2) is 29.4 Å². The molecule has 1 unspecified atom stereocenters. The van der Waals surface area contributed by atoms with E-state index in [4.69, 9.17) is 0 Å². The van der Waals surface area contributed by atoms with Crippen molar-refractivity contribution in [2.45, 2.75) is 23.8 Å². The molecule has 0 aliphatic carbocycles.